The molecule has 0 heterocycles. The summed E-state index contributed by atoms with van der Waals surface area (Å²) in [6.45, 7) is 5.30. The monoisotopic (exact) mass is 188 g/mol. The van der Waals surface area contributed by atoms with E-state index in [9.17, 15) is 9.59 Å². The van der Waals surface area contributed by atoms with Crippen LogP contribution in [-0.4, -0.2) is 23.7 Å². The standard InChI is InChI=1S/C9H16O4/c1-4-7(6(3)8(10)11)9(12)13-5-2/h6-7H,4-5H2,1-3H3,(H,10,11). The fourth-order valence-corrected chi connectivity index (χ4v) is 1.15. The van der Waals surface area contributed by atoms with Gasteiger partial charge in [-0.1, -0.05) is 13.8 Å². The van der Waals surface area contributed by atoms with Gasteiger partial charge >= 0.3 is 11.9 Å². The maximum Gasteiger partial charge on any atom is 0.309 e. The molecule has 1 N–H and O–H groups in total. The van der Waals surface area contributed by atoms with Gasteiger partial charge in [0.05, 0.1) is 18.4 Å². The lowest BCUT2D eigenvalue weighted by Crippen LogP contribution is -2.28. The van der Waals surface area contributed by atoms with Crippen LogP contribution in [-0.2, 0) is 14.3 Å². The van der Waals surface area contributed by atoms with Crippen LogP contribution in [0.1, 0.15) is 27.2 Å². The van der Waals surface area contributed by atoms with Crippen LogP contribution < -0.4 is 0 Å². The lowest BCUT2D eigenvalue weighted by atomic mass is 9.92. The van der Waals surface area contributed by atoms with Crippen LogP contribution in [0.15, 0.2) is 0 Å². The first kappa shape index (κ1) is 11.9. The molecule has 0 saturated carbocycles. The summed E-state index contributed by atoms with van der Waals surface area (Å²) in [7, 11) is 0. The van der Waals surface area contributed by atoms with Gasteiger partial charge in [0.15, 0.2) is 0 Å². The number of ether oxygens (including phenoxy) is 1. The van der Waals surface area contributed by atoms with Crippen molar-refractivity contribution in [3.63, 3.8) is 0 Å². The Kier molecular flexibility index (Phi) is 5.11. The third-order valence-electron chi connectivity index (χ3n) is 2.02. The Hall–Kier alpha value is -1.06. The minimum atomic E-state index is -0.958. The van der Waals surface area contributed by atoms with Gasteiger partial charge in [0.2, 0.25) is 0 Å². The van der Waals surface area contributed by atoms with Crippen molar-refractivity contribution in [3.05, 3.63) is 0 Å². The van der Waals surface area contributed by atoms with Crippen LogP contribution in [0.5, 0.6) is 0 Å². The quantitative estimate of drug-likeness (QED) is 0.660. The third kappa shape index (κ3) is 3.44. The Balaban J connectivity index is 4.31. The molecule has 13 heavy (non-hydrogen) atoms. The highest BCUT2D eigenvalue weighted by Crippen LogP contribution is 2.17. The Morgan fingerprint density at radius 1 is 1.38 bits per heavy atom. The van der Waals surface area contributed by atoms with E-state index in [-0.39, 0.29) is 0 Å². The Bertz CT molecular complexity index is 188. The summed E-state index contributed by atoms with van der Waals surface area (Å²) in [5.41, 5.74) is 0. The van der Waals surface area contributed by atoms with Gasteiger partial charge in [-0.2, -0.15) is 0 Å². The van der Waals surface area contributed by atoms with Crippen molar-refractivity contribution < 1.29 is 19.4 Å². The number of carboxylic acids is 1. The zero-order valence-corrected chi connectivity index (χ0v) is 8.24. The maximum atomic E-state index is 11.2. The van der Waals surface area contributed by atoms with E-state index in [1.807, 2.05) is 0 Å². The molecular formula is C9H16O4. The molecule has 2 atom stereocenters. The van der Waals surface area contributed by atoms with Gasteiger partial charge in [0.1, 0.15) is 0 Å². The van der Waals surface area contributed by atoms with Crippen LogP contribution in [0, 0.1) is 11.8 Å². The number of carboxylic acid groups (broad SMARTS) is 1. The summed E-state index contributed by atoms with van der Waals surface area (Å²) in [6.07, 6.45) is 0.492. The number of carbonyl (C=O) groups is 2. The largest absolute Gasteiger partial charge is 0.481 e. The van der Waals surface area contributed by atoms with Gasteiger partial charge in [-0.15, -0.1) is 0 Å². The van der Waals surface area contributed by atoms with Gasteiger partial charge in [0, 0.05) is 0 Å². The molecule has 0 aliphatic heterocycles. The summed E-state index contributed by atoms with van der Waals surface area (Å²) in [5, 5.41) is 8.69. The Morgan fingerprint density at radius 2 is 1.92 bits per heavy atom. The van der Waals surface area contributed by atoms with Crippen LogP contribution in [0.25, 0.3) is 0 Å². The molecule has 0 aromatic carbocycles. The van der Waals surface area contributed by atoms with Crippen molar-refractivity contribution in [1.82, 2.24) is 0 Å². The van der Waals surface area contributed by atoms with Gasteiger partial charge in [-0.3, -0.25) is 9.59 Å². The second-order valence-corrected chi connectivity index (χ2v) is 2.89. The molecule has 0 aliphatic rings. The molecule has 0 saturated heterocycles. The number of hydrogen-bond donors (Lipinski definition) is 1. The zero-order valence-electron chi connectivity index (χ0n) is 8.24. The first-order chi connectivity index (χ1) is 6.04. The average Bonchev–Trinajstić information content (AvgIpc) is 2.05. The summed E-state index contributed by atoms with van der Waals surface area (Å²) in [4.78, 5) is 21.8. The predicted molar refractivity (Wildman–Crippen MR) is 47.2 cm³/mol. The number of carbonyl (C=O) groups excluding carboxylic acids is 1. The van der Waals surface area contributed by atoms with E-state index in [2.05, 4.69) is 0 Å². The minimum absolute atomic E-state index is 0.293. The molecule has 4 heteroatoms. The molecule has 0 amide bonds. The predicted octanol–water partition coefficient (Wildman–Crippen LogP) is 1.30. The molecule has 0 radical (unpaired) electrons. The van der Waals surface area contributed by atoms with Crippen molar-refractivity contribution in [2.75, 3.05) is 6.61 Å². The highest BCUT2D eigenvalue weighted by Gasteiger charge is 2.29. The van der Waals surface area contributed by atoms with Crippen molar-refractivity contribution in [3.8, 4) is 0 Å². The van der Waals surface area contributed by atoms with E-state index in [0.29, 0.717) is 13.0 Å². The highest BCUT2D eigenvalue weighted by molar-refractivity contribution is 5.80. The zero-order chi connectivity index (χ0) is 10.4. The second kappa shape index (κ2) is 5.56. The molecule has 2 unspecified atom stereocenters. The van der Waals surface area contributed by atoms with Gasteiger partial charge in [-0.25, -0.2) is 0 Å². The SMILES string of the molecule is CCOC(=O)C(CC)C(C)C(=O)O. The minimum Gasteiger partial charge on any atom is -0.481 e. The topological polar surface area (TPSA) is 63.6 Å². The van der Waals surface area contributed by atoms with Crippen LogP contribution in [0.4, 0.5) is 0 Å². The number of esters is 1. The second-order valence-electron chi connectivity index (χ2n) is 2.89. The normalized spacial score (nSPS) is 14.7. The molecule has 0 aliphatic carbocycles. The summed E-state index contributed by atoms with van der Waals surface area (Å²) in [5.74, 6) is -2.58. The van der Waals surface area contributed by atoms with E-state index in [4.69, 9.17) is 9.84 Å². The average molecular weight is 188 g/mol. The fourth-order valence-electron chi connectivity index (χ4n) is 1.15. The van der Waals surface area contributed by atoms with Gasteiger partial charge < -0.3 is 9.84 Å². The first-order valence-corrected chi connectivity index (χ1v) is 4.44. The molecule has 0 fully saturated rings. The van der Waals surface area contributed by atoms with Crippen molar-refractivity contribution >= 4 is 11.9 Å². The molecule has 0 spiro atoms. The maximum absolute atomic E-state index is 11.2. The highest BCUT2D eigenvalue weighted by atomic mass is 16.5. The van der Waals surface area contributed by atoms with Crippen LogP contribution >= 0.6 is 0 Å². The summed E-state index contributed by atoms with van der Waals surface area (Å²) in [6, 6.07) is 0. The van der Waals surface area contributed by atoms with Crippen LogP contribution in [0.2, 0.25) is 0 Å². The molecule has 4 nitrogen and oxygen atoms in total. The van der Waals surface area contributed by atoms with Gasteiger partial charge in [0.25, 0.3) is 0 Å². The fraction of sp³-hybridized carbons (Fsp3) is 0.778. The van der Waals surface area contributed by atoms with Crippen molar-refractivity contribution in [2.45, 2.75) is 27.2 Å². The van der Waals surface area contributed by atoms with E-state index < -0.39 is 23.8 Å². The molecular weight excluding hydrogens is 172 g/mol. The first-order valence-electron chi connectivity index (χ1n) is 4.44. The third-order valence-corrected chi connectivity index (χ3v) is 2.02. The molecule has 0 bridgehead atoms. The van der Waals surface area contributed by atoms with E-state index in [1.165, 1.54) is 6.92 Å². The van der Waals surface area contributed by atoms with Crippen molar-refractivity contribution in [1.29, 1.82) is 0 Å². The summed E-state index contributed by atoms with van der Waals surface area (Å²) < 4.78 is 4.76. The number of aliphatic carboxylic acids is 1. The number of hydrogen-bond acceptors (Lipinski definition) is 3. The summed E-state index contributed by atoms with van der Waals surface area (Å²) >= 11 is 0. The molecule has 0 aromatic rings. The Labute approximate surface area is 77.9 Å². The van der Waals surface area contributed by atoms with Crippen LogP contribution in [0.3, 0.4) is 0 Å². The lowest BCUT2D eigenvalue weighted by molar-refractivity contribution is -0.156. The van der Waals surface area contributed by atoms with Crippen molar-refractivity contribution in [2.24, 2.45) is 11.8 Å². The molecule has 76 valence electrons. The molecule has 0 aromatic heterocycles. The number of rotatable bonds is 5. The van der Waals surface area contributed by atoms with Gasteiger partial charge in [-0.05, 0) is 13.3 Å². The van der Waals surface area contributed by atoms with E-state index in [1.54, 1.807) is 13.8 Å². The lowest BCUT2D eigenvalue weighted by Gasteiger charge is -2.16. The Morgan fingerprint density at radius 3 is 2.23 bits per heavy atom. The molecule has 0 rings (SSSR count). The van der Waals surface area contributed by atoms with E-state index >= 15 is 0 Å². The smallest absolute Gasteiger partial charge is 0.309 e. The van der Waals surface area contributed by atoms with E-state index in [0.717, 1.165) is 0 Å².